The molecule has 5 heteroatoms. The summed E-state index contributed by atoms with van der Waals surface area (Å²) in [5.41, 5.74) is 2.27. The summed E-state index contributed by atoms with van der Waals surface area (Å²) in [5, 5.41) is 22.2. The van der Waals surface area contributed by atoms with Crippen LogP contribution in [0.1, 0.15) is 50.1 Å². The zero-order chi connectivity index (χ0) is 15.3. The first-order valence-electron chi connectivity index (χ1n) is 6.93. The van der Waals surface area contributed by atoms with Crippen molar-refractivity contribution in [3.63, 3.8) is 0 Å². The first kappa shape index (κ1) is 16.2. The number of aliphatic carboxylic acids is 1. The van der Waals surface area contributed by atoms with E-state index in [0.29, 0.717) is 0 Å². The Morgan fingerprint density at radius 2 is 2.05 bits per heavy atom. The van der Waals surface area contributed by atoms with Gasteiger partial charge in [0.1, 0.15) is 0 Å². The maximum absolute atomic E-state index is 10.8. The highest BCUT2D eigenvalue weighted by Crippen LogP contribution is 2.22. The van der Waals surface area contributed by atoms with E-state index in [-0.39, 0.29) is 11.8 Å². The zero-order valence-electron chi connectivity index (χ0n) is 12.7. The second-order valence-corrected chi connectivity index (χ2v) is 5.90. The molecule has 0 saturated carbocycles. The Morgan fingerprint density at radius 3 is 2.60 bits per heavy atom. The van der Waals surface area contributed by atoms with Crippen molar-refractivity contribution in [3.8, 4) is 6.07 Å². The van der Waals surface area contributed by atoms with E-state index < -0.39 is 5.97 Å². The van der Waals surface area contributed by atoms with E-state index in [0.717, 1.165) is 42.8 Å². The number of hydrogen-bond acceptors (Lipinski definition) is 3. The Balaban J connectivity index is 2.58. The van der Waals surface area contributed by atoms with Crippen molar-refractivity contribution in [2.24, 2.45) is 5.41 Å². The van der Waals surface area contributed by atoms with E-state index in [1.54, 1.807) is 0 Å². The molecule has 0 aliphatic carbocycles. The lowest BCUT2D eigenvalue weighted by Gasteiger charge is -2.14. The molecule has 0 aliphatic heterocycles. The summed E-state index contributed by atoms with van der Waals surface area (Å²) in [5.74, 6) is -0.827. The summed E-state index contributed by atoms with van der Waals surface area (Å²) in [6, 6.07) is 2.30. The lowest BCUT2D eigenvalue weighted by molar-refractivity contribution is -0.136. The smallest absolute Gasteiger partial charge is 0.307 e. The maximum Gasteiger partial charge on any atom is 0.307 e. The third-order valence-electron chi connectivity index (χ3n) is 3.58. The number of carbonyl (C=O) groups is 1. The van der Waals surface area contributed by atoms with Gasteiger partial charge in [0.2, 0.25) is 0 Å². The number of unbranched alkanes of at least 4 members (excludes halogenated alkanes) is 1. The van der Waals surface area contributed by atoms with Crippen LogP contribution in [-0.4, -0.2) is 20.9 Å². The number of rotatable bonds is 7. The largest absolute Gasteiger partial charge is 0.481 e. The molecule has 1 N–H and O–H groups in total. The van der Waals surface area contributed by atoms with Crippen molar-refractivity contribution in [1.29, 1.82) is 5.26 Å². The molecule has 0 unspecified atom stereocenters. The van der Waals surface area contributed by atoms with Crippen LogP contribution in [-0.2, 0) is 17.8 Å². The molecule has 1 heterocycles. The second kappa shape index (κ2) is 6.56. The zero-order valence-corrected chi connectivity index (χ0v) is 12.7. The molecular formula is C15H23N3O2. The molecule has 5 nitrogen and oxygen atoms in total. The molecule has 0 aliphatic rings. The monoisotopic (exact) mass is 277 g/mol. The molecule has 1 aromatic heterocycles. The Hall–Kier alpha value is -1.83. The molecule has 0 aromatic carbocycles. The molecule has 0 fully saturated rings. The van der Waals surface area contributed by atoms with Gasteiger partial charge in [-0.3, -0.25) is 9.48 Å². The van der Waals surface area contributed by atoms with Gasteiger partial charge in [-0.15, -0.1) is 0 Å². The van der Waals surface area contributed by atoms with E-state index in [1.807, 2.05) is 32.4 Å². The molecule has 0 radical (unpaired) electrons. The van der Waals surface area contributed by atoms with E-state index in [4.69, 9.17) is 10.4 Å². The lowest BCUT2D eigenvalue weighted by atomic mass is 9.89. The van der Waals surface area contributed by atoms with Gasteiger partial charge in [-0.2, -0.15) is 10.4 Å². The summed E-state index contributed by atoms with van der Waals surface area (Å²) >= 11 is 0. The van der Waals surface area contributed by atoms with Crippen LogP contribution >= 0.6 is 0 Å². The van der Waals surface area contributed by atoms with E-state index in [1.165, 1.54) is 0 Å². The molecule has 0 saturated heterocycles. The quantitative estimate of drug-likeness (QED) is 0.777. The fourth-order valence-electron chi connectivity index (χ4n) is 2.24. The van der Waals surface area contributed by atoms with Crippen LogP contribution < -0.4 is 0 Å². The fraction of sp³-hybridized carbons (Fsp3) is 0.667. The summed E-state index contributed by atoms with van der Waals surface area (Å²) in [7, 11) is 0. The highest BCUT2D eigenvalue weighted by Gasteiger charge is 2.17. The van der Waals surface area contributed by atoms with Crippen molar-refractivity contribution < 1.29 is 9.90 Å². The van der Waals surface area contributed by atoms with E-state index in [9.17, 15) is 4.79 Å². The van der Waals surface area contributed by atoms with Gasteiger partial charge in [0.25, 0.3) is 0 Å². The minimum Gasteiger partial charge on any atom is -0.481 e. The molecule has 110 valence electrons. The van der Waals surface area contributed by atoms with Gasteiger partial charge in [0.15, 0.2) is 0 Å². The number of hydrogen-bond donors (Lipinski definition) is 1. The van der Waals surface area contributed by atoms with Crippen LogP contribution in [0, 0.1) is 30.6 Å². The fourth-order valence-corrected chi connectivity index (χ4v) is 2.24. The topological polar surface area (TPSA) is 78.9 Å². The average Bonchev–Trinajstić information content (AvgIpc) is 2.62. The highest BCUT2D eigenvalue weighted by atomic mass is 16.4. The molecule has 0 spiro atoms. The first-order chi connectivity index (χ1) is 9.26. The second-order valence-electron chi connectivity index (χ2n) is 5.90. The number of carboxylic acids is 1. The summed E-state index contributed by atoms with van der Waals surface area (Å²) in [4.78, 5) is 10.8. The van der Waals surface area contributed by atoms with Crippen LogP contribution in [0.25, 0.3) is 0 Å². The minimum atomic E-state index is -0.827. The van der Waals surface area contributed by atoms with E-state index in [2.05, 4.69) is 11.2 Å². The molecule has 0 amide bonds. The lowest BCUT2D eigenvalue weighted by Crippen LogP contribution is -2.09. The molecule has 20 heavy (non-hydrogen) atoms. The molecule has 0 bridgehead atoms. The van der Waals surface area contributed by atoms with Gasteiger partial charge in [-0.25, -0.2) is 0 Å². The third kappa shape index (κ3) is 4.37. The number of nitrogens with zero attached hydrogens (tertiary/aromatic N) is 3. The Kier molecular flexibility index (Phi) is 5.32. The van der Waals surface area contributed by atoms with Gasteiger partial charge < -0.3 is 5.11 Å². The standard InChI is InChI=1S/C15H23N3O2/c1-11-13(9-14(19)20)12(2)18(17-11)8-6-5-7-15(3,4)10-16/h5-9H2,1-4H3,(H,19,20). The van der Waals surface area contributed by atoms with Crippen molar-refractivity contribution >= 4 is 5.97 Å². The van der Waals surface area contributed by atoms with Crippen LogP contribution in [0.4, 0.5) is 0 Å². The van der Waals surface area contributed by atoms with Gasteiger partial charge in [-0.05, 0) is 40.5 Å². The van der Waals surface area contributed by atoms with Gasteiger partial charge in [0, 0.05) is 17.8 Å². The van der Waals surface area contributed by atoms with Crippen LogP contribution in [0.2, 0.25) is 0 Å². The van der Waals surface area contributed by atoms with Crippen LogP contribution in [0.3, 0.4) is 0 Å². The normalized spacial score (nSPS) is 11.3. The predicted molar refractivity (Wildman–Crippen MR) is 76.3 cm³/mol. The maximum atomic E-state index is 10.8. The molecule has 1 aromatic rings. The average molecular weight is 277 g/mol. The van der Waals surface area contributed by atoms with Crippen LogP contribution in [0.15, 0.2) is 0 Å². The van der Waals surface area contributed by atoms with E-state index >= 15 is 0 Å². The summed E-state index contributed by atoms with van der Waals surface area (Å²) in [6.45, 7) is 8.43. The predicted octanol–water partition coefficient (Wildman–Crippen LogP) is 2.85. The van der Waals surface area contributed by atoms with Crippen LogP contribution in [0.5, 0.6) is 0 Å². The molecular weight excluding hydrogens is 254 g/mol. The third-order valence-corrected chi connectivity index (χ3v) is 3.58. The van der Waals surface area contributed by atoms with Gasteiger partial charge >= 0.3 is 5.97 Å². The minimum absolute atomic E-state index is 0.0269. The van der Waals surface area contributed by atoms with Crippen molar-refractivity contribution in [2.75, 3.05) is 0 Å². The van der Waals surface area contributed by atoms with Crippen molar-refractivity contribution in [3.05, 3.63) is 17.0 Å². The SMILES string of the molecule is Cc1nn(CCCCC(C)(C)C#N)c(C)c1CC(=O)O. The first-order valence-corrected chi connectivity index (χ1v) is 6.93. The molecule has 0 atom stereocenters. The number of carboxylic acid groups (broad SMARTS) is 1. The van der Waals surface area contributed by atoms with Gasteiger partial charge in [-0.1, -0.05) is 6.42 Å². The Bertz CT molecular complexity index is 524. The number of aryl methyl sites for hydroxylation is 2. The van der Waals surface area contributed by atoms with Gasteiger partial charge in [0.05, 0.1) is 23.6 Å². The number of aromatic nitrogens is 2. The summed E-state index contributed by atoms with van der Waals surface area (Å²) in [6.07, 6.45) is 2.80. The Labute approximate surface area is 120 Å². The molecule has 1 rings (SSSR count). The Morgan fingerprint density at radius 1 is 1.40 bits per heavy atom. The van der Waals surface area contributed by atoms with Crippen molar-refractivity contribution in [2.45, 2.75) is 59.9 Å². The highest BCUT2D eigenvalue weighted by molar-refractivity contribution is 5.70. The number of nitriles is 1. The summed E-state index contributed by atoms with van der Waals surface area (Å²) < 4.78 is 1.88. The van der Waals surface area contributed by atoms with Crippen molar-refractivity contribution in [1.82, 2.24) is 9.78 Å².